The van der Waals surface area contributed by atoms with Crippen LogP contribution in [0.15, 0.2) is 60.8 Å². The third-order valence-corrected chi connectivity index (χ3v) is 4.49. The fourth-order valence-corrected chi connectivity index (χ4v) is 2.84. The lowest BCUT2D eigenvalue weighted by Gasteiger charge is -2.18. The van der Waals surface area contributed by atoms with Gasteiger partial charge in [0.25, 0.3) is 5.91 Å². The minimum Gasteiger partial charge on any atom is -0.484 e. The molecule has 0 aliphatic rings. The molecule has 148 valence electrons. The van der Waals surface area contributed by atoms with Gasteiger partial charge in [0.05, 0.1) is 22.9 Å². The van der Waals surface area contributed by atoms with E-state index < -0.39 is 0 Å². The van der Waals surface area contributed by atoms with Gasteiger partial charge in [-0.3, -0.25) is 14.6 Å². The molecule has 0 spiro atoms. The van der Waals surface area contributed by atoms with E-state index in [0.717, 1.165) is 11.0 Å². The molecule has 2 aromatic carbocycles. The number of benzene rings is 2. The van der Waals surface area contributed by atoms with Crippen molar-refractivity contribution in [3.8, 4) is 5.75 Å². The lowest BCUT2D eigenvalue weighted by molar-refractivity contribution is -0.132. The lowest BCUT2D eigenvalue weighted by atomic mass is 10.1. The number of carbonyl (C=O) groups excluding carboxylic acids is 2. The van der Waals surface area contributed by atoms with Gasteiger partial charge in [-0.2, -0.15) is 0 Å². The summed E-state index contributed by atoms with van der Waals surface area (Å²) in [6.07, 6.45) is 4.75. The lowest BCUT2D eigenvalue weighted by Crippen LogP contribution is -2.34. The molecular weight excluding hydrogens is 366 g/mol. The van der Waals surface area contributed by atoms with Crippen LogP contribution in [0.1, 0.15) is 29.9 Å². The van der Waals surface area contributed by atoms with Gasteiger partial charge >= 0.3 is 0 Å². The predicted molar refractivity (Wildman–Crippen MR) is 113 cm³/mol. The number of likely N-dealkylation sites (N-methyl/N-ethyl adjacent to an activating group) is 1. The smallest absolute Gasteiger partial charge is 0.260 e. The van der Waals surface area contributed by atoms with Crippen molar-refractivity contribution >= 4 is 28.8 Å². The summed E-state index contributed by atoms with van der Waals surface area (Å²) in [4.78, 5) is 34.9. The van der Waals surface area contributed by atoms with Crippen LogP contribution in [0, 0.1) is 0 Å². The summed E-state index contributed by atoms with van der Waals surface area (Å²) in [6.45, 7) is 5.15. The third kappa shape index (κ3) is 5.25. The highest BCUT2D eigenvalue weighted by Crippen LogP contribution is 2.14. The molecule has 0 saturated heterocycles. The van der Waals surface area contributed by atoms with Crippen molar-refractivity contribution in [2.24, 2.45) is 0 Å². The van der Waals surface area contributed by atoms with E-state index in [0.29, 0.717) is 30.1 Å². The Kier molecular flexibility index (Phi) is 6.68. The number of hydrogen-bond acceptors (Lipinski definition) is 5. The molecule has 6 heteroatoms. The molecule has 0 saturated carbocycles. The Balaban J connectivity index is 1.60. The normalized spacial score (nSPS) is 11.0. The molecule has 1 amide bonds. The van der Waals surface area contributed by atoms with Crippen LogP contribution in [-0.2, 0) is 4.79 Å². The summed E-state index contributed by atoms with van der Waals surface area (Å²) in [6, 6.07) is 14.3. The average molecular weight is 389 g/mol. The quantitative estimate of drug-likeness (QED) is 0.433. The van der Waals surface area contributed by atoms with Crippen LogP contribution >= 0.6 is 0 Å². The second-order valence-corrected chi connectivity index (χ2v) is 6.36. The molecule has 0 atom stereocenters. The van der Waals surface area contributed by atoms with Gasteiger partial charge in [-0.1, -0.05) is 12.1 Å². The monoisotopic (exact) mass is 389 g/mol. The van der Waals surface area contributed by atoms with E-state index in [1.54, 1.807) is 41.4 Å². The predicted octanol–water partition coefficient (Wildman–Crippen LogP) is 3.77. The first-order chi connectivity index (χ1) is 14.1. The zero-order valence-corrected chi connectivity index (χ0v) is 16.5. The molecule has 0 radical (unpaired) electrons. The Bertz CT molecular complexity index is 1020. The highest BCUT2D eigenvalue weighted by Gasteiger charge is 2.10. The Morgan fingerprint density at radius 1 is 1.00 bits per heavy atom. The number of ketones is 1. The fraction of sp³-hybridized carbons (Fsp3) is 0.217. The van der Waals surface area contributed by atoms with Crippen molar-refractivity contribution in [3.63, 3.8) is 0 Å². The van der Waals surface area contributed by atoms with Gasteiger partial charge in [-0.05, 0) is 62.4 Å². The number of ether oxygens (including phenoxy) is 1. The number of nitrogens with zero attached hydrogens (tertiary/aromatic N) is 3. The molecule has 0 fully saturated rings. The highest BCUT2D eigenvalue weighted by molar-refractivity contribution is 6.06. The molecule has 1 heterocycles. The maximum absolute atomic E-state index is 12.4. The van der Waals surface area contributed by atoms with Crippen LogP contribution in [-0.4, -0.2) is 46.3 Å². The highest BCUT2D eigenvalue weighted by atomic mass is 16.5. The van der Waals surface area contributed by atoms with Crippen LogP contribution in [0.5, 0.6) is 5.75 Å². The van der Waals surface area contributed by atoms with E-state index >= 15 is 0 Å². The van der Waals surface area contributed by atoms with Gasteiger partial charge in [0.1, 0.15) is 5.75 Å². The van der Waals surface area contributed by atoms with E-state index in [-0.39, 0.29) is 18.3 Å². The molecular formula is C23H23N3O3. The average Bonchev–Trinajstić information content (AvgIpc) is 2.77. The van der Waals surface area contributed by atoms with E-state index in [1.807, 2.05) is 38.1 Å². The number of amides is 1. The molecule has 6 nitrogen and oxygen atoms in total. The molecule has 0 N–H and O–H groups in total. The number of allylic oxidation sites excluding steroid dienone is 1. The number of aromatic nitrogens is 2. The van der Waals surface area contributed by atoms with Crippen LogP contribution in [0.2, 0.25) is 0 Å². The number of para-hydroxylation sites is 2. The summed E-state index contributed by atoms with van der Waals surface area (Å²) >= 11 is 0. The second kappa shape index (κ2) is 9.59. The molecule has 29 heavy (non-hydrogen) atoms. The zero-order valence-electron chi connectivity index (χ0n) is 16.5. The third-order valence-electron chi connectivity index (χ3n) is 4.49. The zero-order chi connectivity index (χ0) is 20.6. The van der Waals surface area contributed by atoms with Gasteiger partial charge in [-0.25, -0.2) is 4.98 Å². The minimum atomic E-state index is -0.147. The first-order valence-electron chi connectivity index (χ1n) is 9.55. The molecule has 0 aliphatic carbocycles. The second-order valence-electron chi connectivity index (χ2n) is 6.36. The van der Waals surface area contributed by atoms with Crippen molar-refractivity contribution in [1.29, 1.82) is 0 Å². The largest absolute Gasteiger partial charge is 0.484 e. The summed E-state index contributed by atoms with van der Waals surface area (Å²) in [5, 5.41) is 0. The van der Waals surface area contributed by atoms with Gasteiger partial charge in [0.2, 0.25) is 0 Å². The van der Waals surface area contributed by atoms with Gasteiger partial charge < -0.3 is 9.64 Å². The summed E-state index contributed by atoms with van der Waals surface area (Å²) in [7, 11) is 0. The first kappa shape index (κ1) is 20.2. The van der Waals surface area contributed by atoms with Crippen LogP contribution in [0.25, 0.3) is 17.1 Å². The van der Waals surface area contributed by atoms with Crippen LogP contribution in [0.4, 0.5) is 0 Å². The van der Waals surface area contributed by atoms with Crippen molar-refractivity contribution in [3.05, 3.63) is 72.1 Å². The molecule has 0 bridgehead atoms. The summed E-state index contributed by atoms with van der Waals surface area (Å²) in [5.41, 5.74) is 2.73. The molecule has 0 unspecified atom stereocenters. The van der Waals surface area contributed by atoms with Gasteiger partial charge in [-0.15, -0.1) is 0 Å². The van der Waals surface area contributed by atoms with Crippen LogP contribution in [0.3, 0.4) is 0 Å². The van der Waals surface area contributed by atoms with Crippen molar-refractivity contribution in [2.75, 3.05) is 19.7 Å². The Morgan fingerprint density at radius 2 is 1.69 bits per heavy atom. The van der Waals surface area contributed by atoms with Crippen molar-refractivity contribution in [1.82, 2.24) is 14.9 Å². The molecule has 0 aliphatic heterocycles. The van der Waals surface area contributed by atoms with E-state index in [2.05, 4.69) is 9.97 Å². The standard InChI is InChI=1S/C23H23N3O3/c1-3-26(4-2)23(28)16-29-19-12-9-17(10-13-19)22(27)14-11-18-15-24-20-7-5-6-8-21(20)25-18/h5-15H,3-4,16H2,1-2H3/b14-11+. The first-order valence-corrected chi connectivity index (χ1v) is 9.55. The Labute approximate surface area is 169 Å². The Hall–Kier alpha value is -3.54. The van der Waals surface area contributed by atoms with Crippen molar-refractivity contribution in [2.45, 2.75) is 13.8 Å². The van der Waals surface area contributed by atoms with E-state index in [9.17, 15) is 9.59 Å². The maximum atomic E-state index is 12.4. The van der Waals surface area contributed by atoms with Gasteiger partial charge in [0, 0.05) is 18.7 Å². The van der Waals surface area contributed by atoms with Crippen molar-refractivity contribution < 1.29 is 14.3 Å². The van der Waals surface area contributed by atoms with E-state index in [4.69, 9.17) is 4.74 Å². The summed E-state index contributed by atoms with van der Waals surface area (Å²) in [5.74, 6) is 0.340. The number of rotatable bonds is 8. The molecule has 3 aromatic rings. The number of fused-ring (bicyclic) bond motifs is 1. The topological polar surface area (TPSA) is 72.4 Å². The van der Waals surface area contributed by atoms with Gasteiger partial charge in [0.15, 0.2) is 12.4 Å². The number of hydrogen-bond donors (Lipinski definition) is 0. The fourth-order valence-electron chi connectivity index (χ4n) is 2.84. The minimum absolute atomic E-state index is 0.0183. The summed E-state index contributed by atoms with van der Waals surface area (Å²) < 4.78 is 5.52. The van der Waals surface area contributed by atoms with Crippen LogP contribution < -0.4 is 4.74 Å². The Morgan fingerprint density at radius 3 is 2.38 bits per heavy atom. The molecule has 3 rings (SSSR count). The van der Waals surface area contributed by atoms with E-state index in [1.165, 1.54) is 6.08 Å². The molecule has 1 aromatic heterocycles. The number of carbonyl (C=O) groups is 2. The maximum Gasteiger partial charge on any atom is 0.260 e. The SMILES string of the molecule is CCN(CC)C(=O)COc1ccc(C(=O)/C=C/c2cnc3ccccc3n2)cc1.